The van der Waals surface area contributed by atoms with Crippen molar-refractivity contribution >= 4 is 34.8 Å². The molecule has 0 fully saturated rings. The minimum atomic E-state index is -0.890. The first-order valence-electron chi connectivity index (χ1n) is 5.51. The van der Waals surface area contributed by atoms with E-state index in [4.69, 9.17) is 34.8 Å². The van der Waals surface area contributed by atoms with Gasteiger partial charge >= 0.3 is 0 Å². The number of alkyl halides is 1. The Balaban J connectivity index is 2.23. The molecule has 2 rings (SSSR count). The van der Waals surface area contributed by atoms with E-state index in [1.807, 2.05) is 0 Å². The third-order valence-corrected chi connectivity index (χ3v) is 3.94. The summed E-state index contributed by atoms with van der Waals surface area (Å²) in [5, 5.41) is 0.331. The lowest BCUT2D eigenvalue weighted by molar-refractivity contribution is 0.507. The molecule has 100 valence electrons. The Kier molecular flexibility index (Phi) is 4.67. The highest BCUT2D eigenvalue weighted by atomic mass is 35.5. The second-order valence-electron chi connectivity index (χ2n) is 4.06. The van der Waals surface area contributed by atoms with Crippen LogP contribution in [-0.2, 0) is 6.42 Å². The van der Waals surface area contributed by atoms with Gasteiger partial charge in [-0.05, 0) is 35.7 Å². The summed E-state index contributed by atoms with van der Waals surface area (Å²) in [5.74, 6) is -1.77. The van der Waals surface area contributed by atoms with Crippen molar-refractivity contribution in [3.63, 3.8) is 0 Å². The SMILES string of the molecule is Fc1ccc(CC(Cl)c2cccc(Cl)c2Cl)cc1F. The minimum Gasteiger partial charge on any atom is -0.204 e. The summed E-state index contributed by atoms with van der Waals surface area (Å²) in [7, 11) is 0. The van der Waals surface area contributed by atoms with Crippen LogP contribution < -0.4 is 0 Å². The van der Waals surface area contributed by atoms with Crippen molar-refractivity contribution in [2.75, 3.05) is 0 Å². The van der Waals surface area contributed by atoms with Crippen LogP contribution in [0.4, 0.5) is 8.78 Å². The molecule has 0 N–H and O–H groups in total. The van der Waals surface area contributed by atoms with Crippen molar-refractivity contribution in [2.24, 2.45) is 0 Å². The normalized spacial score (nSPS) is 12.5. The molecule has 0 heterocycles. The van der Waals surface area contributed by atoms with Gasteiger partial charge in [0.2, 0.25) is 0 Å². The highest BCUT2D eigenvalue weighted by Gasteiger charge is 2.15. The Hall–Kier alpha value is -0.830. The maximum atomic E-state index is 13.1. The monoisotopic (exact) mass is 320 g/mol. The molecule has 0 bridgehead atoms. The maximum Gasteiger partial charge on any atom is 0.159 e. The quantitative estimate of drug-likeness (QED) is 0.627. The molecular formula is C14H9Cl3F2. The lowest BCUT2D eigenvalue weighted by Gasteiger charge is -2.12. The van der Waals surface area contributed by atoms with Crippen LogP contribution in [0.3, 0.4) is 0 Å². The van der Waals surface area contributed by atoms with Crippen LogP contribution in [0.5, 0.6) is 0 Å². The first-order valence-corrected chi connectivity index (χ1v) is 6.70. The van der Waals surface area contributed by atoms with Crippen molar-refractivity contribution in [2.45, 2.75) is 11.8 Å². The Morgan fingerprint density at radius 3 is 2.42 bits per heavy atom. The van der Waals surface area contributed by atoms with Crippen LogP contribution in [-0.4, -0.2) is 0 Å². The molecule has 0 saturated carbocycles. The Morgan fingerprint density at radius 1 is 1.00 bits per heavy atom. The van der Waals surface area contributed by atoms with Gasteiger partial charge in [-0.1, -0.05) is 41.4 Å². The largest absolute Gasteiger partial charge is 0.204 e. The summed E-state index contributed by atoms with van der Waals surface area (Å²) in [6.07, 6.45) is 0.332. The van der Waals surface area contributed by atoms with E-state index in [9.17, 15) is 8.78 Å². The molecule has 1 unspecified atom stereocenters. The predicted octanol–water partition coefficient (Wildman–Crippen LogP) is 5.79. The molecule has 0 amide bonds. The number of benzene rings is 2. The van der Waals surface area contributed by atoms with E-state index in [0.717, 1.165) is 12.1 Å². The molecule has 0 aliphatic carbocycles. The Labute approximate surface area is 124 Å². The van der Waals surface area contributed by atoms with Gasteiger partial charge in [0.05, 0.1) is 15.4 Å². The number of hydrogen-bond acceptors (Lipinski definition) is 0. The van der Waals surface area contributed by atoms with Crippen molar-refractivity contribution < 1.29 is 8.78 Å². The number of hydrogen-bond donors (Lipinski definition) is 0. The van der Waals surface area contributed by atoms with Crippen molar-refractivity contribution in [3.8, 4) is 0 Å². The molecule has 19 heavy (non-hydrogen) atoms. The molecule has 0 spiro atoms. The first kappa shape index (κ1) is 14.6. The van der Waals surface area contributed by atoms with Crippen molar-refractivity contribution in [1.82, 2.24) is 0 Å². The summed E-state index contributed by atoms with van der Waals surface area (Å²) in [5.41, 5.74) is 1.26. The molecule has 5 heteroatoms. The van der Waals surface area contributed by atoms with Crippen LogP contribution >= 0.6 is 34.8 Å². The zero-order chi connectivity index (χ0) is 14.0. The standard InChI is InChI=1S/C14H9Cl3F2/c15-10-3-1-2-9(14(10)17)11(16)6-8-4-5-12(18)13(19)7-8/h1-5,7,11H,6H2. The fourth-order valence-corrected chi connectivity index (χ4v) is 2.60. The van der Waals surface area contributed by atoms with Gasteiger partial charge in [0, 0.05) is 0 Å². The smallest absolute Gasteiger partial charge is 0.159 e. The van der Waals surface area contributed by atoms with Gasteiger partial charge in [-0.2, -0.15) is 0 Å². The zero-order valence-electron chi connectivity index (χ0n) is 9.64. The van der Waals surface area contributed by atoms with Crippen molar-refractivity contribution in [1.29, 1.82) is 0 Å². The third kappa shape index (κ3) is 3.38. The third-order valence-electron chi connectivity index (χ3n) is 2.72. The summed E-state index contributed by atoms with van der Waals surface area (Å²) < 4.78 is 25.9. The van der Waals surface area contributed by atoms with Gasteiger partial charge < -0.3 is 0 Å². The average Bonchev–Trinajstić information content (AvgIpc) is 2.37. The molecule has 0 saturated heterocycles. The maximum absolute atomic E-state index is 13.1. The minimum absolute atomic E-state index is 0.332. The van der Waals surface area contributed by atoms with E-state index < -0.39 is 17.0 Å². The lowest BCUT2D eigenvalue weighted by atomic mass is 10.0. The van der Waals surface area contributed by atoms with Gasteiger partial charge in [-0.15, -0.1) is 11.6 Å². The lowest BCUT2D eigenvalue weighted by Crippen LogP contribution is -1.98. The topological polar surface area (TPSA) is 0 Å². The van der Waals surface area contributed by atoms with Gasteiger partial charge in [0.15, 0.2) is 11.6 Å². The summed E-state index contributed by atoms with van der Waals surface area (Å²) >= 11 is 18.2. The molecule has 0 nitrogen and oxygen atoms in total. The molecule has 0 aromatic heterocycles. The fourth-order valence-electron chi connectivity index (χ4n) is 1.75. The van der Waals surface area contributed by atoms with Crippen LogP contribution in [0.1, 0.15) is 16.5 Å². The van der Waals surface area contributed by atoms with Crippen LogP contribution in [0.2, 0.25) is 10.0 Å². The van der Waals surface area contributed by atoms with Crippen molar-refractivity contribution in [3.05, 3.63) is 69.2 Å². The average molecular weight is 322 g/mol. The molecule has 0 aliphatic rings. The van der Waals surface area contributed by atoms with E-state index in [2.05, 4.69) is 0 Å². The first-order chi connectivity index (χ1) is 8.99. The van der Waals surface area contributed by atoms with Gasteiger partial charge in [0.25, 0.3) is 0 Å². The van der Waals surface area contributed by atoms with E-state index in [1.54, 1.807) is 18.2 Å². The van der Waals surface area contributed by atoms with E-state index in [0.29, 0.717) is 27.6 Å². The number of rotatable bonds is 3. The summed E-state index contributed by atoms with van der Waals surface area (Å²) in [6.45, 7) is 0. The number of halogens is 5. The highest BCUT2D eigenvalue weighted by molar-refractivity contribution is 6.43. The molecule has 1 atom stereocenters. The molecule has 0 aliphatic heterocycles. The molecular weight excluding hydrogens is 313 g/mol. The van der Waals surface area contributed by atoms with Crippen LogP contribution in [0.15, 0.2) is 36.4 Å². The van der Waals surface area contributed by atoms with E-state index in [-0.39, 0.29) is 0 Å². The van der Waals surface area contributed by atoms with Gasteiger partial charge in [-0.3, -0.25) is 0 Å². The van der Waals surface area contributed by atoms with E-state index in [1.165, 1.54) is 6.07 Å². The second kappa shape index (κ2) is 6.08. The molecule has 2 aromatic rings. The Bertz CT molecular complexity index is 599. The van der Waals surface area contributed by atoms with Gasteiger partial charge in [0.1, 0.15) is 0 Å². The zero-order valence-corrected chi connectivity index (χ0v) is 11.9. The van der Waals surface area contributed by atoms with E-state index >= 15 is 0 Å². The highest BCUT2D eigenvalue weighted by Crippen LogP contribution is 2.35. The Morgan fingerprint density at radius 2 is 1.74 bits per heavy atom. The van der Waals surface area contributed by atoms with Crippen LogP contribution in [0.25, 0.3) is 0 Å². The second-order valence-corrected chi connectivity index (χ2v) is 5.38. The van der Waals surface area contributed by atoms with Crippen LogP contribution in [0, 0.1) is 11.6 Å². The van der Waals surface area contributed by atoms with Gasteiger partial charge in [-0.25, -0.2) is 8.78 Å². The predicted molar refractivity (Wildman–Crippen MR) is 75.1 cm³/mol. The molecule has 2 aromatic carbocycles. The fraction of sp³-hybridized carbons (Fsp3) is 0.143. The summed E-state index contributed by atoms with van der Waals surface area (Å²) in [6, 6.07) is 8.85. The summed E-state index contributed by atoms with van der Waals surface area (Å²) in [4.78, 5) is 0. The molecule has 0 radical (unpaired) electrons.